The zero-order chi connectivity index (χ0) is 13.5. The molecule has 0 aliphatic heterocycles. The van der Waals surface area contributed by atoms with Gasteiger partial charge in [-0.05, 0) is 45.6 Å². The topological polar surface area (TPSA) is 43.1 Å². The largest absolute Gasteiger partial charge is 0.253 e. The predicted molar refractivity (Wildman–Crippen MR) is 85.1 cm³/mol. The average molecular weight is 363 g/mol. The molecule has 4 heterocycles. The summed E-state index contributed by atoms with van der Waals surface area (Å²) in [7, 11) is 0. The highest BCUT2D eigenvalue weighted by Crippen LogP contribution is 2.31. The van der Waals surface area contributed by atoms with Crippen molar-refractivity contribution in [2.45, 2.75) is 0 Å². The van der Waals surface area contributed by atoms with Crippen molar-refractivity contribution in [3.63, 3.8) is 0 Å². The standard InChI is InChI=1S/C13H7BrN4S2/c14-11-4-3-9(20-11)8-5-6-15-13-16-12(17-18(8)13)10-2-1-7-19-10/h1-7H. The predicted octanol–water partition coefficient (Wildman–Crippen LogP) is 4.34. The number of fused-ring (bicyclic) bond motifs is 1. The van der Waals surface area contributed by atoms with Crippen LogP contribution < -0.4 is 0 Å². The van der Waals surface area contributed by atoms with Gasteiger partial charge in [0.15, 0.2) is 5.82 Å². The van der Waals surface area contributed by atoms with Crippen molar-refractivity contribution in [1.29, 1.82) is 0 Å². The lowest BCUT2D eigenvalue weighted by Crippen LogP contribution is -1.94. The van der Waals surface area contributed by atoms with Crippen molar-refractivity contribution < 1.29 is 0 Å². The lowest BCUT2D eigenvalue weighted by atomic mass is 10.3. The Morgan fingerprint density at radius 1 is 1.10 bits per heavy atom. The van der Waals surface area contributed by atoms with E-state index in [1.807, 2.05) is 29.6 Å². The molecule has 0 aromatic carbocycles. The molecule has 4 aromatic rings. The molecule has 0 amide bonds. The third-order valence-corrected chi connectivity index (χ3v) is 5.32. The highest BCUT2D eigenvalue weighted by atomic mass is 79.9. The Labute approximate surface area is 130 Å². The molecule has 0 aliphatic carbocycles. The van der Waals surface area contributed by atoms with Crippen LogP contribution >= 0.6 is 38.6 Å². The first-order valence-electron chi connectivity index (χ1n) is 5.82. The van der Waals surface area contributed by atoms with Crippen molar-refractivity contribution in [1.82, 2.24) is 19.6 Å². The number of rotatable bonds is 2. The first-order valence-corrected chi connectivity index (χ1v) is 8.31. The number of aromatic nitrogens is 4. The fourth-order valence-electron chi connectivity index (χ4n) is 1.94. The molecule has 4 aromatic heterocycles. The summed E-state index contributed by atoms with van der Waals surface area (Å²) in [5, 5.41) is 6.61. The van der Waals surface area contributed by atoms with E-state index in [0.717, 1.165) is 25.1 Å². The van der Waals surface area contributed by atoms with Gasteiger partial charge in [-0.15, -0.1) is 27.8 Å². The van der Waals surface area contributed by atoms with Crippen molar-refractivity contribution in [2.24, 2.45) is 0 Å². The minimum absolute atomic E-state index is 0.621. The van der Waals surface area contributed by atoms with Gasteiger partial charge >= 0.3 is 0 Å². The van der Waals surface area contributed by atoms with Gasteiger partial charge in [-0.25, -0.2) is 4.98 Å². The zero-order valence-corrected chi connectivity index (χ0v) is 13.2. The summed E-state index contributed by atoms with van der Waals surface area (Å²) >= 11 is 6.78. The second-order valence-electron chi connectivity index (χ2n) is 4.06. The van der Waals surface area contributed by atoms with Gasteiger partial charge in [0.25, 0.3) is 5.78 Å². The van der Waals surface area contributed by atoms with Gasteiger partial charge in [0.2, 0.25) is 0 Å². The van der Waals surface area contributed by atoms with Crippen LogP contribution in [0.5, 0.6) is 0 Å². The van der Waals surface area contributed by atoms with E-state index < -0.39 is 0 Å². The number of thiophene rings is 2. The molecule has 4 rings (SSSR count). The molecule has 0 atom stereocenters. The average Bonchev–Trinajstić information content (AvgIpc) is 3.17. The maximum Gasteiger partial charge on any atom is 0.253 e. The highest BCUT2D eigenvalue weighted by molar-refractivity contribution is 9.11. The van der Waals surface area contributed by atoms with E-state index in [0.29, 0.717) is 5.78 Å². The van der Waals surface area contributed by atoms with Gasteiger partial charge in [-0.1, -0.05) is 6.07 Å². The first-order chi connectivity index (χ1) is 9.81. The van der Waals surface area contributed by atoms with Crippen LogP contribution in [-0.4, -0.2) is 19.6 Å². The Kier molecular flexibility index (Phi) is 2.90. The van der Waals surface area contributed by atoms with Crippen LogP contribution in [0.2, 0.25) is 0 Å². The van der Waals surface area contributed by atoms with Crippen molar-refractivity contribution in [3.05, 3.63) is 45.7 Å². The molecule has 0 radical (unpaired) electrons. The number of hydrogen-bond acceptors (Lipinski definition) is 5. The molecule has 0 bridgehead atoms. The lowest BCUT2D eigenvalue weighted by Gasteiger charge is -1.99. The maximum atomic E-state index is 4.59. The molecule has 98 valence electrons. The fraction of sp³-hybridized carbons (Fsp3) is 0. The van der Waals surface area contributed by atoms with Crippen molar-refractivity contribution >= 4 is 44.4 Å². The Morgan fingerprint density at radius 3 is 2.80 bits per heavy atom. The summed E-state index contributed by atoms with van der Waals surface area (Å²) < 4.78 is 2.89. The second kappa shape index (κ2) is 4.76. The second-order valence-corrected chi connectivity index (χ2v) is 7.47. The summed E-state index contributed by atoms with van der Waals surface area (Å²) in [6.45, 7) is 0. The van der Waals surface area contributed by atoms with Crippen molar-refractivity contribution in [2.75, 3.05) is 0 Å². The molecule has 20 heavy (non-hydrogen) atoms. The molecular weight excluding hydrogens is 356 g/mol. The Bertz CT molecular complexity index is 879. The van der Waals surface area contributed by atoms with E-state index in [-0.39, 0.29) is 0 Å². The van der Waals surface area contributed by atoms with Gasteiger partial charge < -0.3 is 0 Å². The van der Waals surface area contributed by atoms with E-state index >= 15 is 0 Å². The van der Waals surface area contributed by atoms with Crippen LogP contribution in [0.3, 0.4) is 0 Å². The van der Waals surface area contributed by atoms with Crippen LogP contribution in [0.25, 0.3) is 27.1 Å². The van der Waals surface area contributed by atoms with E-state index in [9.17, 15) is 0 Å². The van der Waals surface area contributed by atoms with Crippen LogP contribution in [0.4, 0.5) is 0 Å². The van der Waals surface area contributed by atoms with E-state index in [1.165, 1.54) is 0 Å². The summed E-state index contributed by atoms with van der Waals surface area (Å²) in [4.78, 5) is 11.0. The highest BCUT2D eigenvalue weighted by Gasteiger charge is 2.12. The molecule has 4 nitrogen and oxygen atoms in total. The van der Waals surface area contributed by atoms with Crippen LogP contribution in [0.15, 0.2) is 45.7 Å². The Morgan fingerprint density at radius 2 is 2.05 bits per heavy atom. The summed E-state index contributed by atoms with van der Waals surface area (Å²) in [5.41, 5.74) is 1.00. The van der Waals surface area contributed by atoms with E-state index in [1.54, 1.807) is 33.4 Å². The quantitative estimate of drug-likeness (QED) is 0.532. The van der Waals surface area contributed by atoms with Gasteiger partial charge in [0, 0.05) is 6.20 Å². The summed E-state index contributed by atoms with van der Waals surface area (Å²) in [6.07, 6.45) is 1.77. The van der Waals surface area contributed by atoms with Crippen LogP contribution in [-0.2, 0) is 0 Å². The SMILES string of the molecule is Brc1ccc(-c2ccnc3nc(-c4cccs4)nn23)s1. The van der Waals surface area contributed by atoms with Gasteiger partial charge in [0.05, 0.1) is 19.2 Å². The third kappa shape index (κ3) is 1.98. The molecule has 7 heteroatoms. The molecule has 0 aliphatic rings. The molecule has 0 spiro atoms. The van der Waals surface area contributed by atoms with Gasteiger partial charge in [-0.2, -0.15) is 9.50 Å². The lowest BCUT2D eigenvalue weighted by molar-refractivity contribution is 0.955. The van der Waals surface area contributed by atoms with E-state index in [2.05, 4.69) is 37.1 Å². The van der Waals surface area contributed by atoms with Gasteiger partial charge in [0.1, 0.15) is 0 Å². The van der Waals surface area contributed by atoms with Gasteiger partial charge in [-0.3, -0.25) is 0 Å². The maximum absolute atomic E-state index is 4.59. The molecule has 0 saturated carbocycles. The Hall–Kier alpha value is -1.57. The minimum Gasteiger partial charge on any atom is -0.220 e. The summed E-state index contributed by atoms with van der Waals surface area (Å²) in [5.74, 6) is 1.34. The zero-order valence-electron chi connectivity index (χ0n) is 10.0. The normalized spacial score (nSPS) is 11.2. The molecule has 0 saturated heterocycles. The fourth-order valence-corrected chi connectivity index (χ4v) is 3.99. The van der Waals surface area contributed by atoms with Crippen molar-refractivity contribution in [3.8, 4) is 21.3 Å². The molecule has 0 fully saturated rings. The smallest absolute Gasteiger partial charge is 0.220 e. The number of hydrogen-bond donors (Lipinski definition) is 0. The molecular formula is C13H7BrN4S2. The first kappa shape index (κ1) is 12.2. The molecule has 0 N–H and O–H groups in total. The van der Waals surface area contributed by atoms with E-state index in [4.69, 9.17) is 0 Å². The number of nitrogens with zero attached hydrogens (tertiary/aromatic N) is 4. The summed E-state index contributed by atoms with van der Waals surface area (Å²) in [6, 6.07) is 10.1. The third-order valence-electron chi connectivity index (χ3n) is 2.81. The Balaban J connectivity index is 1.94. The minimum atomic E-state index is 0.621. The van der Waals surface area contributed by atoms with Crippen LogP contribution in [0.1, 0.15) is 0 Å². The molecule has 0 unspecified atom stereocenters. The monoisotopic (exact) mass is 362 g/mol. The number of halogens is 1. The van der Waals surface area contributed by atoms with Crippen LogP contribution in [0, 0.1) is 0 Å².